The van der Waals surface area contributed by atoms with Crippen LogP contribution in [-0.4, -0.2) is 16.8 Å². The van der Waals surface area contributed by atoms with Crippen molar-refractivity contribution in [1.82, 2.24) is 4.57 Å². The molecule has 2 aromatic carbocycles. The van der Waals surface area contributed by atoms with Crippen LogP contribution in [0, 0.1) is 13.8 Å². The molecule has 1 N–H and O–H groups in total. The minimum absolute atomic E-state index is 0.109. The molecule has 1 aromatic heterocycles. The Balaban J connectivity index is 1.94. The number of benzene rings is 2. The summed E-state index contributed by atoms with van der Waals surface area (Å²) in [6.07, 6.45) is 2.57. The van der Waals surface area contributed by atoms with Crippen LogP contribution in [0.25, 0.3) is 10.9 Å². The average molecular weight is 320 g/mol. The van der Waals surface area contributed by atoms with E-state index in [1.54, 1.807) is 6.20 Å². The van der Waals surface area contributed by atoms with Gasteiger partial charge < -0.3 is 9.88 Å². The van der Waals surface area contributed by atoms with Crippen LogP contribution in [0.15, 0.2) is 48.7 Å². The molecule has 0 aliphatic rings. The van der Waals surface area contributed by atoms with Gasteiger partial charge in [-0.2, -0.15) is 0 Å². The van der Waals surface area contributed by atoms with Crippen molar-refractivity contribution >= 4 is 28.8 Å². The number of aldehydes is 1. The van der Waals surface area contributed by atoms with Crippen LogP contribution in [0.1, 0.15) is 34.5 Å². The molecule has 0 fully saturated rings. The van der Waals surface area contributed by atoms with Crippen LogP contribution in [-0.2, 0) is 4.79 Å². The van der Waals surface area contributed by atoms with E-state index in [0.29, 0.717) is 5.56 Å². The predicted octanol–water partition coefficient (Wildman–Crippen LogP) is 4.27. The molecule has 0 aliphatic carbocycles. The van der Waals surface area contributed by atoms with E-state index in [1.807, 2.05) is 67.8 Å². The van der Waals surface area contributed by atoms with Gasteiger partial charge in [0.1, 0.15) is 6.04 Å². The lowest BCUT2D eigenvalue weighted by atomic mass is 10.1. The Labute approximate surface area is 141 Å². The van der Waals surface area contributed by atoms with Gasteiger partial charge in [-0.25, -0.2) is 0 Å². The minimum Gasteiger partial charge on any atom is -0.335 e. The summed E-state index contributed by atoms with van der Waals surface area (Å²) in [6.45, 7) is 5.84. The molecular formula is C20H20N2O2. The first kappa shape index (κ1) is 16.0. The lowest BCUT2D eigenvalue weighted by Crippen LogP contribution is -2.23. The number of aryl methyl sites for hydroxylation is 1. The zero-order valence-electron chi connectivity index (χ0n) is 14.0. The van der Waals surface area contributed by atoms with Crippen LogP contribution < -0.4 is 5.32 Å². The monoisotopic (exact) mass is 320 g/mol. The first-order chi connectivity index (χ1) is 11.5. The third kappa shape index (κ3) is 2.71. The summed E-state index contributed by atoms with van der Waals surface area (Å²) in [7, 11) is 0. The van der Waals surface area contributed by atoms with Gasteiger partial charge >= 0.3 is 0 Å². The molecule has 4 heteroatoms. The Morgan fingerprint density at radius 2 is 1.88 bits per heavy atom. The molecule has 0 bridgehead atoms. The van der Waals surface area contributed by atoms with Crippen LogP contribution in [0.5, 0.6) is 0 Å². The minimum atomic E-state index is -0.427. The molecule has 0 saturated heterocycles. The van der Waals surface area contributed by atoms with E-state index in [9.17, 15) is 9.59 Å². The highest BCUT2D eigenvalue weighted by Gasteiger charge is 2.19. The first-order valence-electron chi connectivity index (χ1n) is 7.94. The largest absolute Gasteiger partial charge is 0.335 e. The Morgan fingerprint density at radius 3 is 2.62 bits per heavy atom. The quantitative estimate of drug-likeness (QED) is 0.730. The van der Waals surface area contributed by atoms with Gasteiger partial charge in [-0.1, -0.05) is 30.3 Å². The molecule has 1 heterocycles. The van der Waals surface area contributed by atoms with Gasteiger partial charge in [0, 0.05) is 28.4 Å². The molecule has 3 rings (SSSR count). The number of fused-ring (bicyclic) bond motifs is 1. The molecule has 3 aromatic rings. The second-order valence-electron chi connectivity index (χ2n) is 6.04. The normalized spacial score (nSPS) is 12.1. The third-order valence-corrected chi connectivity index (χ3v) is 4.56. The molecule has 4 nitrogen and oxygen atoms in total. The molecule has 122 valence electrons. The van der Waals surface area contributed by atoms with Crippen molar-refractivity contribution in [3.63, 3.8) is 0 Å². The third-order valence-electron chi connectivity index (χ3n) is 4.56. The molecule has 1 unspecified atom stereocenters. The van der Waals surface area contributed by atoms with Gasteiger partial charge in [0.05, 0.1) is 0 Å². The van der Waals surface area contributed by atoms with Crippen molar-refractivity contribution in [2.24, 2.45) is 0 Å². The van der Waals surface area contributed by atoms with Gasteiger partial charge in [-0.3, -0.25) is 9.59 Å². The number of anilines is 1. The number of nitrogens with one attached hydrogen (secondary N) is 1. The highest BCUT2D eigenvalue weighted by molar-refractivity contribution is 6.00. The molecule has 0 radical (unpaired) electrons. The Morgan fingerprint density at radius 1 is 1.12 bits per heavy atom. The predicted molar refractivity (Wildman–Crippen MR) is 96.6 cm³/mol. The van der Waals surface area contributed by atoms with Crippen molar-refractivity contribution in [1.29, 1.82) is 0 Å². The number of carbonyl (C=O) groups excluding carboxylic acids is 2. The standard InChI is InChI=1S/C20H20N2O2/c1-13-7-6-9-18(14(13)2)21-20(24)15(3)22-11-16(12-23)17-8-4-5-10-19(17)22/h4-12,15H,1-3H3,(H,21,24). The number of para-hydroxylation sites is 1. The van der Waals surface area contributed by atoms with Gasteiger partial charge in [-0.15, -0.1) is 0 Å². The van der Waals surface area contributed by atoms with E-state index < -0.39 is 6.04 Å². The fourth-order valence-electron chi connectivity index (χ4n) is 2.90. The summed E-state index contributed by atoms with van der Waals surface area (Å²) < 4.78 is 1.85. The Kier molecular flexibility index (Phi) is 4.21. The Hall–Kier alpha value is -2.88. The molecule has 1 atom stereocenters. The molecule has 24 heavy (non-hydrogen) atoms. The van der Waals surface area contributed by atoms with Crippen LogP contribution in [0.2, 0.25) is 0 Å². The van der Waals surface area contributed by atoms with Crippen molar-refractivity contribution in [3.8, 4) is 0 Å². The fourth-order valence-corrected chi connectivity index (χ4v) is 2.90. The number of hydrogen-bond acceptors (Lipinski definition) is 2. The number of hydrogen-bond donors (Lipinski definition) is 1. The molecule has 0 spiro atoms. The average Bonchev–Trinajstić information content (AvgIpc) is 2.97. The molecular weight excluding hydrogens is 300 g/mol. The second kappa shape index (κ2) is 6.32. The Bertz CT molecular complexity index is 925. The lowest BCUT2D eigenvalue weighted by molar-refractivity contribution is -0.118. The summed E-state index contributed by atoms with van der Waals surface area (Å²) in [5.74, 6) is -0.109. The fraction of sp³-hybridized carbons (Fsp3) is 0.200. The van der Waals surface area contributed by atoms with Gasteiger partial charge in [0.15, 0.2) is 6.29 Å². The van der Waals surface area contributed by atoms with E-state index in [0.717, 1.165) is 34.0 Å². The molecule has 0 aliphatic heterocycles. The molecule has 1 amide bonds. The maximum atomic E-state index is 12.7. The maximum absolute atomic E-state index is 12.7. The number of amides is 1. The zero-order valence-corrected chi connectivity index (χ0v) is 14.0. The van der Waals surface area contributed by atoms with Crippen molar-refractivity contribution < 1.29 is 9.59 Å². The summed E-state index contributed by atoms with van der Waals surface area (Å²) >= 11 is 0. The number of aromatic nitrogens is 1. The van der Waals surface area contributed by atoms with Gasteiger partial charge in [0.2, 0.25) is 5.91 Å². The smallest absolute Gasteiger partial charge is 0.247 e. The summed E-state index contributed by atoms with van der Waals surface area (Å²) in [4.78, 5) is 24.0. The zero-order chi connectivity index (χ0) is 17.3. The van der Waals surface area contributed by atoms with E-state index in [-0.39, 0.29) is 5.91 Å². The summed E-state index contributed by atoms with van der Waals surface area (Å²) in [6, 6.07) is 13.0. The van der Waals surface area contributed by atoms with Crippen molar-refractivity contribution in [3.05, 3.63) is 65.4 Å². The first-order valence-corrected chi connectivity index (χ1v) is 7.94. The molecule has 0 saturated carbocycles. The van der Waals surface area contributed by atoms with Crippen molar-refractivity contribution in [2.75, 3.05) is 5.32 Å². The highest BCUT2D eigenvalue weighted by Crippen LogP contribution is 2.25. The highest BCUT2D eigenvalue weighted by atomic mass is 16.2. The summed E-state index contributed by atoms with van der Waals surface area (Å²) in [5, 5.41) is 3.85. The van der Waals surface area contributed by atoms with E-state index in [1.165, 1.54) is 0 Å². The van der Waals surface area contributed by atoms with Crippen LogP contribution in [0.4, 0.5) is 5.69 Å². The van der Waals surface area contributed by atoms with Gasteiger partial charge in [-0.05, 0) is 44.0 Å². The maximum Gasteiger partial charge on any atom is 0.247 e. The van der Waals surface area contributed by atoms with E-state index in [2.05, 4.69) is 5.32 Å². The van der Waals surface area contributed by atoms with Crippen LogP contribution >= 0.6 is 0 Å². The van der Waals surface area contributed by atoms with E-state index >= 15 is 0 Å². The summed E-state index contributed by atoms with van der Waals surface area (Å²) in [5.41, 5.74) is 4.48. The number of rotatable bonds is 4. The number of carbonyl (C=O) groups is 2. The lowest BCUT2D eigenvalue weighted by Gasteiger charge is -2.17. The van der Waals surface area contributed by atoms with Gasteiger partial charge in [0.25, 0.3) is 0 Å². The number of nitrogens with zero attached hydrogens (tertiary/aromatic N) is 1. The van der Waals surface area contributed by atoms with Crippen molar-refractivity contribution in [2.45, 2.75) is 26.8 Å². The van der Waals surface area contributed by atoms with Crippen LogP contribution in [0.3, 0.4) is 0 Å². The van der Waals surface area contributed by atoms with E-state index in [4.69, 9.17) is 0 Å². The second-order valence-corrected chi connectivity index (χ2v) is 6.04. The topological polar surface area (TPSA) is 51.1 Å². The SMILES string of the molecule is Cc1cccc(NC(=O)C(C)n2cc(C=O)c3ccccc32)c1C.